The third kappa shape index (κ3) is 15.0. The molecule has 0 saturated heterocycles. The van der Waals surface area contributed by atoms with Crippen molar-refractivity contribution in [3.8, 4) is 0 Å². The second-order valence-corrected chi connectivity index (χ2v) is 10.2. The van der Waals surface area contributed by atoms with Crippen molar-refractivity contribution in [3.63, 3.8) is 0 Å². The van der Waals surface area contributed by atoms with E-state index in [-0.39, 0.29) is 5.54 Å². The first kappa shape index (κ1) is 27.2. The van der Waals surface area contributed by atoms with E-state index < -0.39 is 0 Å². The van der Waals surface area contributed by atoms with E-state index >= 15 is 0 Å². The fourth-order valence-electron chi connectivity index (χ4n) is 4.57. The molecule has 1 aromatic heterocycles. The lowest BCUT2D eigenvalue weighted by atomic mass is 9.95. The maximum Gasteiger partial charge on any atom is 0.169 e. The zero-order valence-corrected chi connectivity index (χ0v) is 21.0. The number of hydrogen-bond acceptors (Lipinski definition) is 0. The lowest BCUT2D eigenvalue weighted by Gasteiger charge is -2.19. The number of aromatic nitrogens is 1. The lowest BCUT2D eigenvalue weighted by Crippen LogP contribution is -2.51. The van der Waals surface area contributed by atoms with Crippen molar-refractivity contribution in [3.05, 3.63) is 30.6 Å². The van der Waals surface area contributed by atoms with Crippen LogP contribution in [0.3, 0.4) is 0 Å². The van der Waals surface area contributed by atoms with Crippen molar-refractivity contribution >= 4 is 0 Å². The molecule has 0 atom stereocenters. The van der Waals surface area contributed by atoms with Crippen LogP contribution in [0.25, 0.3) is 0 Å². The summed E-state index contributed by atoms with van der Waals surface area (Å²) in [4.78, 5) is 0. The van der Waals surface area contributed by atoms with Crippen LogP contribution in [-0.2, 0) is 5.54 Å². The largest absolute Gasteiger partial charge is 0.200 e. The second kappa shape index (κ2) is 18.9. The monoisotopic (exact) mass is 416 g/mol. The molecule has 30 heavy (non-hydrogen) atoms. The first-order chi connectivity index (χ1) is 14.7. The summed E-state index contributed by atoms with van der Waals surface area (Å²) in [6.45, 7) is 7.03. The number of pyridine rings is 1. The first-order valence-electron chi connectivity index (χ1n) is 13.6. The Balaban J connectivity index is 1.78. The number of rotatable bonds is 21. The molecule has 1 heteroatoms. The summed E-state index contributed by atoms with van der Waals surface area (Å²) in [5, 5.41) is 0. The lowest BCUT2D eigenvalue weighted by molar-refractivity contribution is -0.758. The number of unbranched alkanes of at least 4 members (excludes halogenated alkanes) is 18. The van der Waals surface area contributed by atoms with Crippen molar-refractivity contribution < 1.29 is 4.57 Å². The maximum absolute atomic E-state index is 2.36. The molecule has 1 rings (SSSR count). The molecule has 1 aromatic rings. The van der Waals surface area contributed by atoms with Gasteiger partial charge in [0.1, 0.15) is 0 Å². The molecule has 0 fully saturated rings. The smallest absolute Gasteiger partial charge is 0.169 e. The molecule has 0 aliphatic heterocycles. The van der Waals surface area contributed by atoms with Gasteiger partial charge in [0, 0.05) is 32.4 Å². The van der Waals surface area contributed by atoms with Gasteiger partial charge in [-0.15, -0.1) is 0 Å². The van der Waals surface area contributed by atoms with Gasteiger partial charge in [0.2, 0.25) is 0 Å². The van der Waals surface area contributed by atoms with Gasteiger partial charge >= 0.3 is 0 Å². The van der Waals surface area contributed by atoms with Crippen LogP contribution in [0, 0.1) is 0 Å². The molecule has 0 unspecified atom stereocenters. The Morgan fingerprint density at radius 3 is 1.17 bits per heavy atom. The Morgan fingerprint density at radius 1 is 0.467 bits per heavy atom. The number of nitrogens with zero attached hydrogens (tertiary/aromatic N) is 1. The van der Waals surface area contributed by atoms with E-state index in [1.54, 1.807) is 0 Å². The number of hydrogen-bond donors (Lipinski definition) is 0. The first-order valence-corrected chi connectivity index (χ1v) is 13.6. The minimum absolute atomic E-state index is 0.246. The highest BCUT2D eigenvalue weighted by Gasteiger charge is 2.26. The summed E-state index contributed by atoms with van der Waals surface area (Å²) < 4.78 is 2.36. The van der Waals surface area contributed by atoms with Gasteiger partial charge in [-0.05, 0) is 6.42 Å². The normalized spacial score (nSPS) is 11.8. The van der Waals surface area contributed by atoms with Gasteiger partial charge in [-0.1, -0.05) is 129 Å². The van der Waals surface area contributed by atoms with Gasteiger partial charge in [0.25, 0.3) is 0 Å². The van der Waals surface area contributed by atoms with Gasteiger partial charge in [-0.2, -0.15) is 0 Å². The standard InChI is InChI=1S/C29H54N/c1-4-5-6-7-8-9-10-11-12-13-14-15-16-17-18-19-20-21-23-26-29(2,3)30-27-24-22-25-28-30/h22,24-25,27-28H,4-21,23,26H2,1-3H3/q+1. The van der Waals surface area contributed by atoms with Crippen molar-refractivity contribution in [2.24, 2.45) is 0 Å². The Bertz CT molecular complexity index is 465. The van der Waals surface area contributed by atoms with Crippen LogP contribution in [0.2, 0.25) is 0 Å². The molecule has 0 N–H and O–H groups in total. The van der Waals surface area contributed by atoms with Crippen molar-refractivity contribution in [1.29, 1.82) is 0 Å². The Kier molecular flexibility index (Phi) is 17.1. The highest BCUT2D eigenvalue weighted by atomic mass is 15.0. The minimum Gasteiger partial charge on any atom is -0.200 e. The molecule has 0 bridgehead atoms. The molecule has 0 spiro atoms. The highest BCUT2D eigenvalue weighted by Crippen LogP contribution is 2.18. The average molecular weight is 417 g/mol. The molecular formula is C29H54N+. The Labute approximate surface area is 190 Å². The molecule has 0 saturated carbocycles. The van der Waals surface area contributed by atoms with Gasteiger partial charge in [-0.3, -0.25) is 0 Å². The van der Waals surface area contributed by atoms with E-state index in [9.17, 15) is 0 Å². The minimum atomic E-state index is 0.246. The Morgan fingerprint density at radius 2 is 0.800 bits per heavy atom. The predicted molar refractivity (Wildman–Crippen MR) is 134 cm³/mol. The van der Waals surface area contributed by atoms with Crippen LogP contribution < -0.4 is 4.57 Å². The van der Waals surface area contributed by atoms with Crippen LogP contribution >= 0.6 is 0 Å². The van der Waals surface area contributed by atoms with Gasteiger partial charge in [0.05, 0.1) is 0 Å². The molecule has 0 aliphatic carbocycles. The highest BCUT2D eigenvalue weighted by molar-refractivity contribution is 4.84. The van der Waals surface area contributed by atoms with E-state index in [0.717, 1.165) is 0 Å². The molecule has 1 heterocycles. The molecule has 0 radical (unpaired) electrons. The van der Waals surface area contributed by atoms with Crippen LogP contribution in [0.1, 0.15) is 149 Å². The summed E-state index contributed by atoms with van der Waals surface area (Å²) in [6.07, 6.45) is 33.2. The summed E-state index contributed by atoms with van der Waals surface area (Å²) in [5.74, 6) is 0. The second-order valence-electron chi connectivity index (χ2n) is 10.2. The average Bonchev–Trinajstić information content (AvgIpc) is 2.76. The van der Waals surface area contributed by atoms with Crippen LogP contribution in [0.4, 0.5) is 0 Å². The fraction of sp³-hybridized carbons (Fsp3) is 0.828. The van der Waals surface area contributed by atoms with Crippen LogP contribution in [0.15, 0.2) is 30.6 Å². The topological polar surface area (TPSA) is 3.88 Å². The van der Waals surface area contributed by atoms with E-state index in [2.05, 4.69) is 55.9 Å². The molecular weight excluding hydrogens is 362 g/mol. The SMILES string of the molecule is CCCCCCCCCCCCCCCCCCCCCC(C)(C)[n+]1ccccc1. The Hall–Kier alpha value is -0.850. The molecule has 0 amide bonds. The van der Waals surface area contributed by atoms with Crippen LogP contribution in [0.5, 0.6) is 0 Å². The summed E-state index contributed by atoms with van der Waals surface area (Å²) in [7, 11) is 0. The predicted octanol–water partition coefficient (Wildman–Crippen LogP) is 9.53. The summed E-state index contributed by atoms with van der Waals surface area (Å²) in [6, 6.07) is 6.38. The van der Waals surface area contributed by atoms with Crippen molar-refractivity contribution in [1.82, 2.24) is 0 Å². The zero-order chi connectivity index (χ0) is 21.8. The summed E-state index contributed by atoms with van der Waals surface area (Å²) in [5.41, 5.74) is 0.246. The molecule has 174 valence electrons. The quantitative estimate of drug-likeness (QED) is 0.139. The van der Waals surface area contributed by atoms with E-state index in [1.165, 1.54) is 128 Å². The maximum atomic E-state index is 2.36. The third-order valence-corrected chi connectivity index (χ3v) is 6.81. The zero-order valence-electron chi connectivity index (χ0n) is 21.0. The van der Waals surface area contributed by atoms with E-state index in [0.29, 0.717) is 0 Å². The van der Waals surface area contributed by atoms with Crippen molar-refractivity contribution in [2.75, 3.05) is 0 Å². The van der Waals surface area contributed by atoms with Crippen molar-refractivity contribution in [2.45, 2.75) is 155 Å². The van der Waals surface area contributed by atoms with Gasteiger partial charge in [-0.25, -0.2) is 4.57 Å². The van der Waals surface area contributed by atoms with Gasteiger partial charge < -0.3 is 0 Å². The molecule has 0 aliphatic rings. The third-order valence-electron chi connectivity index (χ3n) is 6.81. The van der Waals surface area contributed by atoms with Gasteiger partial charge in [0.15, 0.2) is 17.9 Å². The van der Waals surface area contributed by atoms with E-state index in [1.807, 2.05) is 0 Å². The fourth-order valence-corrected chi connectivity index (χ4v) is 4.57. The molecule has 0 aromatic carbocycles. The van der Waals surface area contributed by atoms with E-state index in [4.69, 9.17) is 0 Å². The molecule has 1 nitrogen and oxygen atoms in total. The summed E-state index contributed by atoms with van der Waals surface area (Å²) >= 11 is 0. The van der Waals surface area contributed by atoms with Crippen LogP contribution in [-0.4, -0.2) is 0 Å².